The van der Waals surface area contributed by atoms with Crippen molar-refractivity contribution in [2.24, 2.45) is 0 Å². The van der Waals surface area contributed by atoms with Crippen molar-refractivity contribution in [1.82, 2.24) is 0 Å². The second-order valence-electron chi connectivity index (χ2n) is 4.64. The van der Waals surface area contributed by atoms with Crippen molar-refractivity contribution < 1.29 is 0 Å². The summed E-state index contributed by atoms with van der Waals surface area (Å²) in [6.07, 6.45) is 0. The summed E-state index contributed by atoms with van der Waals surface area (Å²) in [5.74, 6) is 0. The summed E-state index contributed by atoms with van der Waals surface area (Å²) in [6, 6.07) is 13.9. The predicted molar refractivity (Wildman–Crippen MR) is 91.5 cm³/mol. The molecule has 2 aromatic rings. The molecule has 19 heavy (non-hydrogen) atoms. The summed E-state index contributed by atoms with van der Waals surface area (Å²) in [5, 5.41) is 0. The van der Waals surface area contributed by atoms with Crippen LogP contribution in [0.1, 0.15) is 11.1 Å². The third kappa shape index (κ3) is 2.37. The van der Waals surface area contributed by atoms with E-state index in [4.69, 9.17) is 0 Å². The zero-order valence-corrected chi connectivity index (χ0v) is 16.1. The van der Waals surface area contributed by atoms with Crippen LogP contribution in [0.4, 0.5) is 0 Å². The van der Waals surface area contributed by atoms with Crippen molar-refractivity contribution in [2.75, 3.05) is 0 Å². The Morgan fingerprint density at radius 1 is 0.632 bits per heavy atom. The average molecular weight is 436 g/mol. The van der Waals surface area contributed by atoms with E-state index in [0.29, 0.717) is 0 Å². The fraction of sp³-hybridized carbons (Fsp3) is 0.143. The molecule has 0 saturated heterocycles. The zero-order valence-electron chi connectivity index (χ0n) is 10.5. The molecule has 0 fully saturated rings. The first kappa shape index (κ1) is 13.3. The molecule has 0 amide bonds. The molecule has 2 heterocycles. The number of rotatable bonds is 0. The van der Waals surface area contributed by atoms with Gasteiger partial charge >= 0.3 is 130 Å². The van der Waals surface area contributed by atoms with Gasteiger partial charge in [-0.05, 0) is 0 Å². The van der Waals surface area contributed by atoms with Crippen LogP contribution < -0.4 is 0 Å². The fourth-order valence-electron chi connectivity index (χ4n) is 2.04. The molecule has 4 rings (SSSR count). The van der Waals surface area contributed by atoms with E-state index in [-0.39, 0.29) is 0 Å². The predicted octanol–water partition coefficient (Wildman–Crippen LogP) is 5.83. The van der Waals surface area contributed by atoms with Gasteiger partial charge in [-0.15, -0.1) is 0 Å². The van der Waals surface area contributed by atoms with Gasteiger partial charge in [0.05, 0.1) is 0 Å². The number of benzene rings is 2. The SMILES string of the molecule is Cc1ccc2c(c1)S[Te]1(S2)Sc2ccc(C)cc2S1. The molecule has 0 N–H and O–H groups in total. The summed E-state index contributed by atoms with van der Waals surface area (Å²) >= 11 is -2.05. The second-order valence-corrected chi connectivity index (χ2v) is 37.0. The summed E-state index contributed by atoms with van der Waals surface area (Å²) in [7, 11) is 8.80. The van der Waals surface area contributed by atoms with Gasteiger partial charge in [0.1, 0.15) is 0 Å². The normalized spacial score (nSPS) is 20.3. The third-order valence-electron chi connectivity index (χ3n) is 2.97. The molecule has 2 aliphatic rings. The van der Waals surface area contributed by atoms with Gasteiger partial charge < -0.3 is 0 Å². The number of fused-ring (bicyclic) bond motifs is 2. The van der Waals surface area contributed by atoms with E-state index in [1.54, 1.807) is 0 Å². The summed E-state index contributed by atoms with van der Waals surface area (Å²) in [5.41, 5.74) is 2.76. The van der Waals surface area contributed by atoms with Crippen LogP contribution >= 0.6 is 36.0 Å². The molecule has 0 aromatic heterocycles. The van der Waals surface area contributed by atoms with Crippen LogP contribution in [0.15, 0.2) is 56.0 Å². The first-order chi connectivity index (χ1) is 9.13. The average Bonchev–Trinajstić information content (AvgIpc) is 2.87. The van der Waals surface area contributed by atoms with E-state index < -0.39 is 12.7 Å². The molecule has 0 bridgehead atoms. The Hall–Kier alpha value is 0.630. The Morgan fingerprint density at radius 3 is 1.53 bits per heavy atom. The van der Waals surface area contributed by atoms with E-state index in [2.05, 4.69) is 86.2 Å². The Bertz CT molecular complexity index is 624. The third-order valence-corrected chi connectivity index (χ3v) is 35.7. The van der Waals surface area contributed by atoms with Crippen LogP contribution in [0.2, 0.25) is 0 Å². The Labute approximate surface area is 128 Å². The molecule has 0 radical (unpaired) electrons. The van der Waals surface area contributed by atoms with E-state index in [9.17, 15) is 0 Å². The van der Waals surface area contributed by atoms with Crippen LogP contribution in [0.25, 0.3) is 0 Å². The molecule has 0 nitrogen and oxygen atoms in total. The molecule has 1 spiro atoms. The van der Waals surface area contributed by atoms with E-state index >= 15 is 0 Å². The van der Waals surface area contributed by atoms with E-state index in [0.717, 1.165) is 0 Å². The van der Waals surface area contributed by atoms with Gasteiger partial charge in [-0.25, -0.2) is 0 Å². The number of hydrogen-bond donors (Lipinski definition) is 0. The topological polar surface area (TPSA) is 0 Å². The van der Waals surface area contributed by atoms with Crippen LogP contribution in [-0.4, -0.2) is 12.7 Å². The summed E-state index contributed by atoms with van der Waals surface area (Å²) in [4.78, 5) is 6.08. The van der Waals surface area contributed by atoms with Crippen molar-refractivity contribution in [3.63, 3.8) is 0 Å². The summed E-state index contributed by atoms with van der Waals surface area (Å²) in [6.45, 7) is 4.38. The Morgan fingerprint density at radius 2 is 1.05 bits per heavy atom. The van der Waals surface area contributed by atoms with Crippen LogP contribution in [0, 0.1) is 13.8 Å². The van der Waals surface area contributed by atoms with Crippen molar-refractivity contribution in [2.45, 2.75) is 33.4 Å². The first-order valence-electron chi connectivity index (χ1n) is 5.96. The minimum atomic E-state index is -2.05. The molecule has 2 aliphatic heterocycles. The van der Waals surface area contributed by atoms with Crippen LogP contribution in [0.5, 0.6) is 0 Å². The molecule has 5 heteroatoms. The van der Waals surface area contributed by atoms with E-state index in [1.165, 1.54) is 30.7 Å². The second kappa shape index (κ2) is 4.83. The number of aryl methyl sites for hydroxylation is 2. The molecular formula is C14H12S4Te. The summed E-state index contributed by atoms with van der Waals surface area (Å²) < 4.78 is 0. The monoisotopic (exact) mass is 438 g/mol. The maximum atomic E-state index is 2.36. The molecule has 0 aliphatic carbocycles. The van der Waals surface area contributed by atoms with Crippen LogP contribution in [0.3, 0.4) is 0 Å². The molecule has 0 saturated carbocycles. The number of hydrogen-bond acceptors (Lipinski definition) is 4. The molecule has 0 unspecified atom stereocenters. The minimum absolute atomic E-state index is 1.38. The van der Waals surface area contributed by atoms with Crippen molar-refractivity contribution in [3.8, 4) is 0 Å². The van der Waals surface area contributed by atoms with Gasteiger partial charge in [0.2, 0.25) is 0 Å². The van der Waals surface area contributed by atoms with Crippen molar-refractivity contribution in [3.05, 3.63) is 47.5 Å². The van der Waals surface area contributed by atoms with E-state index in [1.807, 2.05) is 0 Å². The Balaban J connectivity index is 1.70. The quantitative estimate of drug-likeness (QED) is 0.477. The maximum absolute atomic E-state index is 2.36. The van der Waals surface area contributed by atoms with Gasteiger partial charge in [0, 0.05) is 0 Å². The van der Waals surface area contributed by atoms with Crippen molar-refractivity contribution in [1.29, 1.82) is 0 Å². The first-order valence-corrected chi connectivity index (χ1v) is 20.3. The van der Waals surface area contributed by atoms with Gasteiger partial charge in [-0.3, -0.25) is 0 Å². The van der Waals surface area contributed by atoms with Crippen molar-refractivity contribution >= 4 is 48.6 Å². The molecule has 98 valence electrons. The zero-order chi connectivity index (χ0) is 13.0. The Kier molecular flexibility index (Phi) is 3.38. The standard InChI is InChI=1S/C14H12S4Te/c1-9-3-5-11-13(7-9)17-19(15-11)16-12-6-4-10(2)8-14(12)18-19/h3-8H,1-2H3. The molecule has 0 atom stereocenters. The van der Waals surface area contributed by atoms with Gasteiger partial charge in [-0.2, -0.15) is 0 Å². The molecular weight excluding hydrogens is 424 g/mol. The van der Waals surface area contributed by atoms with Gasteiger partial charge in [-0.1, -0.05) is 0 Å². The van der Waals surface area contributed by atoms with Gasteiger partial charge in [0.15, 0.2) is 0 Å². The van der Waals surface area contributed by atoms with Gasteiger partial charge in [0.25, 0.3) is 0 Å². The molecule has 2 aromatic carbocycles. The fourth-order valence-corrected chi connectivity index (χ4v) is 42.8. The van der Waals surface area contributed by atoms with Crippen LogP contribution in [-0.2, 0) is 0 Å².